The van der Waals surface area contributed by atoms with E-state index in [4.69, 9.17) is 0 Å². The van der Waals surface area contributed by atoms with Crippen LogP contribution in [0.4, 0.5) is 8.78 Å². The summed E-state index contributed by atoms with van der Waals surface area (Å²) in [5.41, 5.74) is 2.64. The van der Waals surface area contributed by atoms with Crippen LogP contribution in [0.2, 0.25) is 0 Å². The van der Waals surface area contributed by atoms with Gasteiger partial charge in [0.2, 0.25) is 0 Å². The van der Waals surface area contributed by atoms with Crippen molar-refractivity contribution < 1.29 is 8.78 Å². The van der Waals surface area contributed by atoms with E-state index in [2.05, 4.69) is 17.0 Å². The highest BCUT2D eigenvalue weighted by Gasteiger charge is 2.24. The molecule has 0 fully saturated rings. The molecule has 5 heteroatoms. The van der Waals surface area contributed by atoms with Gasteiger partial charge in [-0.15, -0.1) is 0 Å². The average Bonchev–Trinajstić information content (AvgIpc) is 2.77. The van der Waals surface area contributed by atoms with Crippen LogP contribution in [0.3, 0.4) is 0 Å². The van der Waals surface area contributed by atoms with Gasteiger partial charge in [-0.2, -0.15) is 5.10 Å². The standard InChI is InChI=1S/C14H15F2N3/c1-9-2-5-13-11(6-15)14(18-19(13)8-9)12-4-3-10(16)7-17-12/h3-4,7,9H,2,5-6,8H2,1H3. The summed E-state index contributed by atoms with van der Waals surface area (Å²) < 4.78 is 28.1. The maximum absolute atomic E-state index is 13.3. The van der Waals surface area contributed by atoms with Crippen molar-refractivity contribution in [3.63, 3.8) is 0 Å². The van der Waals surface area contributed by atoms with E-state index in [0.29, 0.717) is 22.9 Å². The van der Waals surface area contributed by atoms with E-state index < -0.39 is 12.5 Å². The maximum atomic E-state index is 13.3. The number of pyridine rings is 1. The Morgan fingerprint density at radius 1 is 1.42 bits per heavy atom. The lowest BCUT2D eigenvalue weighted by Crippen LogP contribution is -2.19. The summed E-state index contributed by atoms with van der Waals surface area (Å²) >= 11 is 0. The van der Waals surface area contributed by atoms with E-state index >= 15 is 0 Å². The van der Waals surface area contributed by atoms with Crippen LogP contribution in [0, 0.1) is 11.7 Å². The number of fused-ring (bicyclic) bond motifs is 1. The van der Waals surface area contributed by atoms with Gasteiger partial charge < -0.3 is 0 Å². The molecule has 3 rings (SSSR count). The summed E-state index contributed by atoms with van der Waals surface area (Å²) in [5.74, 6) is 0.150. The minimum atomic E-state index is -0.557. The summed E-state index contributed by atoms with van der Waals surface area (Å²) in [6.07, 6.45) is 3.03. The molecular weight excluding hydrogens is 248 g/mol. The van der Waals surface area contributed by atoms with Crippen LogP contribution in [0.1, 0.15) is 24.6 Å². The second kappa shape index (κ2) is 4.72. The minimum absolute atomic E-state index is 0.400. The zero-order valence-electron chi connectivity index (χ0n) is 10.7. The van der Waals surface area contributed by atoms with Crippen molar-refractivity contribution >= 4 is 0 Å². The fourth-order valence-corrected chi connectivity index (χ4v) is 2.60. The van der Waals surface area contributed by atoms with E-state index in [1.54, 1.807) is 6.07 Å². The van der Waals surface area contributed by atoms with Gasteiger partial charge in [-0.25, -0.2) is 8.78 Å². The van der Waals surface area contributed by atoms with Crippen molar-refractivity contribution in [3.8, 4) is 11.4 Å². The predicted molar refractivity (Wildman–Crippen MR) is 67.7 cm³/mol. The summed E-state index contributed by atoms with van der Waals surface area (Å²) in [6, 6.07) is 2.87. The van der Waals surface area contributed by atoms with Crippen LogP contribution >= 0.6 is 0 Å². The van der Waals surface area contributed by atoms with Gasteiger partial charge in [0.05, 0.1) is 11.9 Å². The van der Waals surface area contributed by atoms with Crippen LogP contribution in [-0.4, -0.2) is 14.8 Å². The normalized spacial score (nSPS) is 18.4. The first-order valence-electron chi connectivity index (χ1n) is 6.45. The number of hydrogen-bond acceptors (Lipinski definition) is 2. The molecule has 0 spiro atoms. The zero-order valence-corrected chi connectivity index (χ0v) is 10.7. The third-order valence-electron chi connectivity index (χ3n) is 3.63. The summed E-state index contributed by atoms with van der Waals surface area (Å²) in [4.78, 5) is 4.00. The van der Waals surface area contributed by atoms with Crippen molar-refractivity contribution in [1.82, 2.24) is 14.8 Å². The molecule has 1 aliphatic heterocycles. The zero-order chi connectivity index (χ0) is 13.4. The molecule has 0 amide bonds. The van der Waals surface area contributed by atoms with Gasteiger partial charge in [-0.3, -0.25) is 9.67 Å². The summed E-state index contributed by atoms with van der Waals surface area (Å²) in [5, 5.41) is 4.46. The van der Waals surface area contributed by atoms with Crippen LogP contribution in [-0.2, 0) is 19.6 Å². The fraction of sp³-hybridized carbons (Fsp3) is 0.429. The topological polar surface area (TPSA) is 30.7 Å². The lowest BCUT2D eigenvalue weighted by molar-refractivity contribution is 0.368. The lowest BCUT2D eigenvalue weighted by Gasteiger charge is -2.20. The number of hydrogen-bond donors (Lipinski definition) is 0. The molecule has 2 aromatic rings. The molecule has 19 heavy (non-hydrogen) atoms. The first-order chi connectivity index (χ1) is 9.19. The Bertz CT molecular complexity index is 589. The average molecular weight is 263 g/mol. The number of alkyl halides is 1. The highest BCUT2D eigenvalue weighted by molar-refractivity contribution is 5.60. The van der Waals surface area contributed by atoms with Gasteiger partial charge in [-0.05, 0) is 30.9 Å². The number of halogens is 2. The molecule has 2 aromatic heterocycles. The molecule has 0 aromatic carbocycles. The van der Waals surface area contributed by atoms with Gasteiger partial charge >= 0.3 is 0 Å². The largest absolute Gasteiger partial charge is 0.268 e. The smallest absolute Gasteiger partial charge is 0.141 e. The molecule has 100 valence electrons. The van der Waals surface area contributed by atoms with Gasteiger partial charge in [0.25, 0.3) is 0 Å². The van der Waals surface area contributed by atoms with E-state index in [1.165, 1.54) is 6.07 Å². The number of nitrogens with zero attached hydrogens (tertiary/aromatic N) is 3. The van der Waals surface area contributed by atoms with E-state index in [-0.39, 0.29) is 0 Å². The van der Waals surface area contributed by atoms with Gasteiger partial charge in [0.1, 0.15) is 18.2 Å². The molecule has 1 aliphatic rings. The third kappa shape index (κ3) is 2.13. The Kier molecular flexibility index (Phi) is 3.05. The lowest BCUT2D eigenvalue weighted by atomic mass is 9.98. The van der Waals surface area contributed by atoms with Crippen LogP contribution in [0.5, 0.6) is 0 Å². The molecule has 1 unspecified atom stereocenters. The Labute approximate surface area is 110 Å². The molecule has 1 atom stereocenters. The Morgan fingerprint density at radius 2 is 2.26 bits per heavy atom. The first-order valence-corrected chi connectivity index (χ1v) is 6.45. The second-order valence-electron chi connectivity index (χ2n) is 5.10. The van der Waals surface area contributed by atoms with Crippen molar-refractivity contribution in [2.45, 2.75) is 33.0 Å². The maximum Gasteiger partial charge on any atom is 0.141 e. The van der Waals surface area contributed by atoms with Crippen molar-refractivity contribution in [2.75, 3.05) is 0 Å². The molecule has 0 saturated carbocycles. The van der Waals surface area contributed by atoms with Crippen LogP contribution < -0.4 is 0 Å². The first kappa shape index (κ1) is 12.3. The molecular formula is C14H15F2N3. The molecule has 0 saturated heterocycles. The van der Waals surface area contributed by atoms with E-state index in [1.807, 2.05) is 4.68 Å². The third-order valence-corrected chi connectivity index (χ3v) is 3.63. The Hall–Kier alpha value is -1.78. The second-order valence-corrected chi connectivity index (χ2v) is 5.10. The van der Waals surface area contributed by atoms with Crippen molar-refractivity contribution in [2.24, 2.45) is 5.92 Å². The molecule has 0 aliphatic carbocycles. The van der Waals surface area contributed by atoms with Crippen molar-refractivity contribution in [3.05, 3.63) is 35.4 Å². The van der Waals surface area contributed by atoms with Crippen LogP contribution in [0.25, 0.3) is 11.4 Å². The monoisotopic (exact) mass is 263 g/mol. The molecule has 0 radical (unpaired) electrons. The van der Waals surface area contributed by atoms with Gasteiger partial charge in [0, 0.05) is 17.8 Å². The van der Waals surface area contributed by atoms with Gasteiger partial charge in [0.15, 0.2) is 0 Å². The van der Waals surface area contributed by atoms with Crippen LogP contribution in [0.15, 0.2) is 18.3 Å². The minimum Gasteiger partial charge on any atom is -0.268 e. The molecule has 0 bridgehead atoms. The molecule has 3 heterocycles. The highest BCUT2D eigenvalue weighted by Crippen LogP contribution is 2.30. The number of rotatable bonds is 2. The Morgan fingerprint density at radius 3 is 2.95 bits per heavy atom. The predicted octanol–water partition coefficient (Wildman–Crippen LogP) is 3.14. The van der Waals surface area contributed by atoms with Gasteiger partial charge in [-0.1, -0.05) is 6.92 Å². The van der Waals surface area contributed by atoms with E-state index in [9.17, 15) is 8.78 Å². The summed E-state index contributed by atoms with van der Waals surface area (Å²) in [7, 11) is 0. The van der Waals surface area contributed by atoms with Crippen molar-refractivity contribution in [1.29, 1.82) is 0 Å². The highest BCUT2D eigenvalue weighted by atomic mass is 19.1. The Balaban J connectivity index is 2.09. The quantitative estimate of drug-likeness (QED) is 0.833. The molecule has 3 nitrogen and oxygen atoms in total. The SMILES string of the molecule is CC1CCc2c(CF)c(-c3ccc(F)cn3)nn2C1. The fourth-order valence-electron chi connectivity index (χ4n) is 2.60. The summed E-state index contributed by atoms with van der Waals surface area (Å²) in [6.45, 7) is 2.41. The molecule has 0 N–H and O–H groups in total. The van der Waals surface area contributed by atoms with E-state index in [0.717, 1.165) is 31.3 Å². The number of aromatic nitrogens is 3.